The average Bonchev–Trinajstić information content (AvgIpc) is 2.56. The first-order valence-corrected chi connectivity index (χ1v) is 7.98. The number of nitrogens with zero attached hydrogens (tertiary/aromatic N) is 2. The molecule has 2 rings (SSSR count). The lowest BCUT2D eigenvalue weighted by molar-refractivity contribution is -0.115. The summed E-state index contributed by atoms with van der Waals surface area (Å²) < 4.78 is 0. The van der Waals surface area contributed by atoms with Gasteiger partial charge in [-0.05, 0) is 51.0 Å². The molecule has 2 amide bonds. The lowest BCUT2D eigenvalue weighted by Crippen LogP contribution is -2.22. The second-order valence-corrected chi connectivity index (χ2v) is 6.02. The van der Waals surface area contributed by atoms with Crippen molar-refractivity contribution in [3.05, 3.63) is 58.9 Å². The summed E-state index contributed by atoms with van der Waals surface area (Å²) in [5.41, 5.74) is 7.44. The molecular formula is C19H22N4O2. The highest BCUT2D eigenvalue weighted by atomic mass is 16.2. The number of anilines is 1. The van der Waals surface area contributed by atoms with Gasteiger partial charge in [0.1, 0.15) is 0 Å². The van der Waals surface area contributed by atoms with Crippen LogP contribution < -0.4 is 10.7 Å². The van der Waals surface area contributed by atoms with E-state index >= 15 is 0 Å². The Balaban J connectivity index is 1.95. The summed E-state index contributed by atoms with van der Waals surface area (Å²) in [5.74, 6) is -0.512. The molecule has 0 saturated carbocycles. The van der Waals surface area contributed by atoms with Gasteiger partial charge >= 0.3 is 0 Å². The number of pyridine rings is 1. The van der Waals surface area contributed by atoms with Gasteiger partial charge in [0.05, 0.1) is 6.42 Å². The molecule has 2 aromatic rings. The maximum absolute atomic E-state index is 12.2. The number of aromatic nitrogens is 1. The Kier molecular flexibility index (Phi) is 6.00. The van der Waals surface area contributed by atoms with E-state index in [1.165, 1.54) is 12.4 Å². The summed E-state index contributed by atoms with van der Waals surface area (Å²) in [6, 6.07) is 7.24. The third-order valence-electron chi connectivity index (χ3n) is 3.65. The topological polar surface area (TPSA) is 83.5 Å². The molecule has 130 valence electrons. The number of amides is 2. The number of carbonyl (C=O) groups is 2. The summed E-state index contributed by atoms with van der Waals surface area (Å²) in [4.78, 5) is 28.0. The molecule has 0 aliphatic carbocycles. The first kappa shape index (κ1) is 18.3. The van der Waals surface area contributed by atoms with Crippen LogP contribution in [0.1, 0.15) is 40.4 Å². The van der Waals surface area contributed by atoms with Crippen molar-refractivity contribution in [1.29, 1.82) is 0 Å². The van der Waals surface area contributed by atoms with Gasteiger partial charge in [0.15, 0.2) is 0 Å². The number of rotatable bonds is 5. The molecule has 1 aromatic heterocycles. The molecule has 1 aromatic carbocycles. The third-order valence-corrected chi connectivity index (χ3v) is 3.65. The molecule has 0 atom stereocenters. The molecule has 6 nitrogen and oxygen atoms in total. The first-order chi connectivity index (χ1) is 11.9. The maximum atomic E-state index is 12.2. The minimum Gasteiger partial charge on any atom is -0.325 e. The van der Waals surface area contributed by atoms with E-state index in [-0.39, 0.29) is 18.2 Å². The van der Waals surface area contributed by atoms with Crippen LogP contribution in [0.2, 0.25) is 0 Å². The maximum Gasteiger partial charge on any atom is 0.271 e. The van der Waals surface area contributed by atoms with Crippen molar-refractivity contribution in [3.8, 4) is 0 Å². The molecule has 25 heavy (non-hydrogen) atoms. The zero-order valence-electron chi connectivity index (χ0n) is 14.9. The van der Waals surface area contributed by atoms with Gasteiger partial charge in [-0.3, -0.25) is 14.6 Å². The van der Waals surface area contributed by atoms with E-state index in [2.05, 4.69) is 20.8 Å². The van der Waals surface area contributed by atoms with Gasteiger partial charge in [-0.25, -0.2) is 5.43 Å². The molecule has 0 fully saturated rings. The van der Waals surface area contributed by atoms with E-state index < -0.39 is 0 Å². The van der Waals surface area contributed by atoms with Crippen LogP contribution in [0.25, 0.3) is 0 Å². The van der Waals surface area contributed by atoms with Gasteiger partial charge in [0.25, 0.3) is 5.91 Å². The Bertz CT molecular complexity index is 790. The van der Waals surface area contributed by atoms with E-state index in [0.717, 1.165) is 22.4 Å². The molecule has 0 unspecified atom stereocenters. The average molecular weight is 338 g/mol. The quantitative estimate of drug-likeness (QED) is 0.649. The number of hydrazone groups is 1. The molecule has 0 bridgehead atoms. The van der Waals surface area contributed by atoms with Crippen molar-refractivity contribution in [1.82, 2.24) is 10.4 Å². The summed E-state index contributed by atoms with van der Waals surface area (Å²) in [6.07, 6.45) is 3.17. The van der Waals surface area contributed by atoms with Gasteiger partial charge < -0.3 is 5.32 Å². The highest BCUT2D eigenvalue weighted by Crippen LogP contribution is 2.22. The van der Waals surface area contributed by atoms with Crippen molar-refractivity contribution >= 4 is 23.2 Å². The second-order valence-electron chi connectivity index (χ2n) is 6.02. The fourth-order valence-electron chi connectivity index (χ4n) is 2.55. The zero-order chi connectivity index (χ0) is 18.4. The number of hydrogen-bond acceptors (Lipinski definition) is 4. The smallest absolute Gasteiger partial charge is 0.271 e. The van der Waals surface area contributed by atoms with E-state index in [1.807, 2.05) is 32.9 Å². The third kappa shape index (κ3) is 5.24. The van der Waals surface area contributed by atoms with Gasteiger partial charge in [-0.15, -0.1) is 0 Å². The zero-order valence-corrected chi connectivity index (χ0v) is 14.9. The minimum atomic E-state index is -0.340. The van der Waals surface area contributed by atoms with Crippen molar-refractivity contribution in [2.75, 3.05) is 5.32 Å². The Morgan fingerprint density at radius 1 is 1.08 bits per heavy atom. The lowest BCUT2D eigenvalue weighted by atomic mass is 10.0. The molecule has 0 aliphatic heterocycles. The Morgan fingerprint density at radius 2 is 1.68 bits per heavy atom. The summed E-state index contributed by atoms with van der Waals surface area (Å²) in [7, 11) is 0. The number of carbonyl (C=O) groups excluding carboxylic acids is 2. The van der Waals surface area contributed by atoms with Gasteiger partial charge in [0.2, 0.25) is 5.91 Å². The normalized spacial score (nSPS) is 11.1. The molecule has 0 saturated heterocycles. The lowest BCUT2D eigenvalue weighted by Gasteiger charge is -2.12. The molecular weight excluding hydrogens is 316 g/mol. The summed E-state index contributed by atoms with van der Waals surface area (Å²) in [5, 5.41) is 6.89. The Labute approximate surface area is 147 Å². The molecule has 0 radical (unpaired) electrons. The van der Waals surface area contributed by atoms with E-state index in [1.54, 1.807) is 19.1 Å². The van der Waals surface area contributed by atoms with Crippen LogP contribution in [0.3, 0.4) is 0 Å². The molecule has 2 N–H and O–H groups in total. The van der Waals surface area contributed by atoms with Crippen LogP contribution in [0.5, 0.6) is 0 Å². The highest BCUT2D eigenvalue weighted by Gasteiger charge is 2.10. The molecule has 6 heteroatoms. The molecule has 0 aliphatic rings. The predicted molar refractivity (Wildman–Crippen MR) is 98.7 cm³/mol. The van der Waals surface area contributed by atoms with Crippen LogP contribution in [-0.4, -0.2) is 22.5 Å². The van der Waals surface area contributed by atoms with Crippen molar-refractivity contribution < 1.29 is 9.59 Å². The van der Waals surface area contributed by atoms with E-state index in [4.69, 9.17) is 0 Å². The van der Waals surface area contributed by atoms with Crippen LogP contribution in [0, 0.1) is 20.8 Å². The van der Waals surface area contributed by atoms with Crippen molar-refractivity contribution in [3.63, 3.8) is 0 Å². The minimum absolute atomic E-state index is 0.101. The monoisotopic (exact) mass is 338 g/mol. The summed E-state index contributed by atoms with van der Waals surface area (Å²) >= 11 is 0. The van der Waals surface area contributed by atoms with Crippen LogP contribution in [0.15, 0.2) is 41.8 Å². The van der Waals surface area contributed by atoms with Crippen molar-refractivity contribution in [2.45, 2.75) is 34.1 Å². The number of hydrogen-bond donors (Lipinski definition) is 2. The van der Waals surface area contributed by atoms with Crippen LogP contribution in [-0.2, 0) is 4.79 Å². The fourth-order valence-corrected chi connectivity index (χ4v) is 2.55. The number of aryl methyl sites for hydroxylation is 3. The van der Waals surface area contributed by atoms with Crippen LogP contribution in [0.4, 0.5) is 5.69 Å². The Morgan fingerprint density at radius 3 is 2.28 bits per heavy atom. The van der Waals surface area contributed by atoms with Gasteiger partial charge in [-0.1, -0.05) is 17.7 Å². The van der Waals surface area contributed by atoms with Gasteiger partial charge in [-0.2, -0.15) is 5.10 Å². The largest absolute Gasteiger partial charge is 0.325 e. The fraction of sp³-hybridized carbons (Fsp3) is 0.263. The first-order valence-electron chi connectivity index (χ1n) is 7.98. The Hall–Kier alpha value is -3.02. The van der Waals surface area contributed by atoms with Crippen LogP contribution >= 0.6 is 0 Å². The molecule has 1 heterocycles. The predicted octanol–water partition coefficient (Wildman–Crippen LogP) is 3.14. The standard InChI is InChI=1S/C19H22N4O2/c1-12-9-13(2)18(14(3)10-12)21-17(24)11-15(4)22-23-19(25)16-5-7-20-8-6-16/h5-10H,11H2,1-4H3,(H,21,24)(H,23,25)/b22-15-. The van der Waals surface area contributed by atoms with E-state index in [9.17, 15) is 9.59 Å². The van der Waals surface area contributed by atoms with Gasteiger partial charge in [0, 0.05) is 29.4 Å². The number of nitrogens with one attached hydrogen (secondary N) is 2. The SMILES string of the molecule is C/C(CC(=O)Nc1c(C)cc(C)cc1C)=N/NC(=O)c1ccncc1. The van der Waals surface area contributed by atoms with E-state index in [0.29, 0.717) is 11.3 Å². The number of benzene rings is 1. The van der Waals surface area contributed by atoms with Crippen molar-refractivity contribution in [2.24, 2.45) is 5.10 Å². The summed E-state index contributed by atoms with van der Waals surface area (Å²) in [6.45, 7) is 7.64. The highest BCUT2D eigenvalue weighted by molar-refractivity contribution is 6.06. The second kappa shape index (κ2) is 8.19. The molecule has 0 spiro atoms.